The molecule has 0 radical (unpaired) electrons. The molecule has 4 N–H and O–H groups in total. The lowest BCUT2D eigenvalue weighted by Crippen LogP contribution is -2.55. The monoisotopic (exact) mass is 297 g/mol. The molecule has 1 saturated heterocycles. The van der Waals surface area contributed by atoms with Crippen molar-refractivity contribution in [2.24, 2.45) is 22.2 Å². The van der Waals surface area contributed by atoms with Crippen molar-refractivity contribution in [3.8, 4) is 0 Å². The molecule has 0 atom stereocenters. The molecular formula is C15H27N3O3. The van der Waals surface area contributed by atoms with Crippen LogP contribution in [0.5, 0.6) is 0 Å². The van der Waals surface area contributed by atoms with Crippen molar-refractivity contribution in [1.82, 2.24) is 5.32 Å². The summed E-state index contributed by atoms with van der Waals surface area (Å²) in [5.74, 6) is 0.686. The van der Waals surface area contributed by atoms with Crippen molar-refractivity contribution in [2.75, 3.05) is 13.2 Å². The maximum Gasteiger partial charge on any atom is 0.234 e. The van der Waals surface area contributed by atoms with Gasteiger partial charge in [-0.05, 0) is 44.4 Å². The van der Waals surface area contributed by atoms with E-state index in [1.807, 2.05) is 0 Å². The highest BCUT2D eigenvalue weighted by molar-refractivity contribution is 6.06. The molecule has 2 fully saturated rings. The van der Waals surface area contributed by atoms with Crippen LogP contribution in [0.15, 0.2) is 5.16 Å². The number of carbonyl (C=O) groups is 1. The molecule has 0 unspecified atom stereocenters. The first-order valence-electron chi connectivity index (χ1n) is 7.99. The van der Waals surface area contributed by atoms with Gasteiger partial charge in [-0.1, -0.05) is 18.5 Å². The zero-order valence-corrected chi connectivity index (χ0v) is 12.8. The van der Waals surface area contributed by atoms with E-state index in [9.17, 15) is 4.79 Å². The van der Waals surface area contributed by atoms with E-state index < -0.39 is 5.41 Å². The summed E-state index contributed by atoms with van der Waals surface area (Å²) in [5, 5.41) is 15.2. The van der Waals surface area contributed by atoms with Crippen LogP contribution in [0.3, 0.4) is 0 Å². The summed E-state index contributed by atoms with van der Waals surface area (Å²) in [4.78, 5) is 12.7. The minimum absolute atomic E-state index is 0.00513. The Hall–Kier alpha value is -1.30. The second-order valence-electron chi connectivity index (χ2n) is 6.28. The molecular weight excluding hydrogens is 270 g/mol. The van der Waals surface area contributed by atoms with Crippen LogP contribution in [0.1, 0.15) is 51.9 Å². The van der Waals surface area contributed by atoms with E-state index in [1.165, 1.54) is 19.3 Å². The van der Waals surface area contributed by atoms with Gasteiger partial charge < -0.3 is 21.0 Å². The summed E-state index contributed by atoms with van der Waals surface area (Å²) < 4.78 is 5.32. The minimum Gasteiger partial charge on any atom is -0.409 e. The lowest BCUT2D eigenvalue weighted by Gasteiger charge is -2.37. The lowest BCUT2D eigenvalue weighted by atomic mass is 9.77. The molecule has 0 bridgehead atoms. The molecule has 0 aromatic heterocycles. The van der Waals surface area contributed by atoms with Gasteiger partial charge >= 0.3 is 0 Å². The maximum atomic E-state index is 12.7. The lowest BCUT2D eigenvalue weighted by molar-refractivity contribution is -0.132. The molecule has 21 heavy (non-hydrogen) atoms. The normalized spacial score (nSPS) is 29.9. The average Bonchev–Trinajstić information content (AvgIpc) is 2.55. The Kier molecular flexibility index (Phi) is 5.45. The van der Waals surface area contributed by atoms with Gasteiger partial charge in [0.25, 0.3) is 0 Å². The van der Waals surface area contributed by atoms with Crippen LogP contribution in [0.25, 0.3) is 0 Å². The molecule has 1 heterocycles. The molecule has 2 rings (SSSR count). The number of nitrogens with two attached hydrogens (primary N) is 1. The van der Waals surface area contributed by atoms with Gasteiger partial charge in [-0.15, -0.1) is 0 Å². The van der Waals surface area contributed by atoms with Gasteiger partial charge in [0.1, 0.15) is 5.41 Å². The highest BCUT2D eigenvalue weighted by atomic mass is 16.5. The van der Waals surface area contributed by atoms with Crippen molar-refractivity contribution in [1.29, 1.82) is 0 Å². The number of hydrogen-bond acceptors (Lipinski definition) is 4. The Morgan fingerprint density at radius 1 is 1.33 bits per heavy atom. The van der Waals surface area contributed by atoms with Crippen molar-refractivity contribution in [3.63, 3.8) is 0 Å². The molecule has 0 spiro atoms. The number of nitrogens with zero attached hydrogens (tertiary/aromatic N) is 1. The Morgan fingerprint density at radius 2 is 1.95 bits per heavy atom. The van der Waals surface area contributed by atoms with Crippen LogP contribution >= 0.6 is 0 Å². The van der Waals surface area contributed by atoms with E-state index in [1.54, 1.807) is 0 Å². The molecule has 0 aromatic rings. The van der Waals surface area contributed by atoms with Crippen LogP contribution in [0.4, 0.5) is 0 Å². The fraction of sp³-hybridized carbons (Fsp3) is 0.867. The summed E-state index contributed by atoms with van der Waals surface area (Å²) >= 11 is 0. The Balaban J connectivity index is 1.99. The quantitative estimate of drug-likeness (QED) is 0.318. The first-order chi connectivity index (χ1) is 10.1. The van der Waals surface area contributed by atoms with Gasteiger partial charge in [-0.2, -0.15) is 0 Å². The highest BCUT2D eigenvalue weighted by Gasteiger charge is 2.45. The fourth-order valence-corrected chi connectivity index (χ4v) is 3.45. The van der Waals surface area contributed by atoms with Gasteiger partial charge in [-0.25, -0.2) is 0 Å². The minimum atomic E-state index is -0.908. The number of rotatable bonds is 4. The SMILES string of the molecule is CCC1CCC(NC(=O)C2(C(N)=NO)CCOCC2)CC1. The first-order valence-corrected chi connectivity index (χ1v) is 7.99. The number of carbonyl (C=O) groups excluding carboxylic acids is 1. The van der Waals surface area contributed by atoms with Crippen molar-refractivity contribution in [2.45, 2.75) is 57.9 Å². The third-order valence-electron chi connectivity index (χ3n) is 5.14. The van der Waals surface area contributed by atoms with Crippen molar-refractivity contribution in [3.05, 3.63) is 0 Å². The molecule has 6 heteroatoms. The summed E-state index contributed by atoms with van der Waals surface area (Å²) in [6.45, 7) is 3.15. The van der Waals surface area contributed by atoms with E-state index in [-0.39, 0.29) is 17.8 Å². The molecule has 1 aliphatic heterocycles. The summed E-state index contributed by atoms with van der Waals surface area (Å²) in [5.41, 5.74) is 4.91. The number of ether oxygens (including phenoxy) is 1. The van der Waals surface area contributed by atoms with Crippen LogP contribution in [0, 0.1) is 11.3 Å². The standard InChI is InChI=1S/C15H27N3O3/c1-2-11-3-5-12(6-4-11)17-14(19)15(13(16)18-20)7-9-21-10-8-15/h11-12,20H,2-10H2,1H3,(H2,16,18)(H,17,19). The molecule has 6 nitrogen and oxygen atoms in total. The number of amides is 1. The Bertz CT molecular complexity index is 384. The number of amidine groups is 1. The van der Waals surface area contributed by atoms with Gasteiger partial charge in [0.05, 0.1) is 0 Å². The Labute approximate surface area is 126 Å². The summed E-state index contributed by atoms with van der Waals surface area (Å²) in [6, 6.07) is 0.214. The van der Waals surface area contributed by atoms with Gasteiger partial charge in [0.2, 0.25) is 5.91 Å². The molecule has 1 aliphatic carbocycles. The molecule has 1 amide bonds. The number of hydrogen-bond donors (Lipinski definition) is 3. The van der Waals surface area contributed by atoms with Crippen LogP contribution in [0.2, 0.25) is 0 Å². The first kappa shape index (κ1) is 16.1. The second-order valence-corrected chi connectivity index (χ2v) is 6.28. The molecule has 0 aromatic carbocycles. The largest absolute Gasteiger partial charge is 0.409 e. The summed E-state index contributed by atoms with van der Waals surface area (Å²) in [6.07, 6.45) is 6.53. The predicted molar refractivity (Wildman–Crippen MR) is 80.1 cm³/mol. The topological polar surface area (TPSA) is 96.9 Å². The van der Waals surface area contributed by atoms with E-state index in [0.29, 0.717) is 26.1 Å². The number of nitrogens with one attached hydrogen (secondary N) is 1. The third-order valence-corrected chi connectivity index (χ3v) is 5.14. The third kappa shape index (κ3) is 3.48. The second kappa shape index (κ2) is 7.11. The smallest absolute Gasteiger partial charge is 0.234 e. The van der Waals surface area contributed by atoms with Crippen molar-refractivity contribution >= 4 is 11.7 Å². The van der Waals surface area contributed by atoms with Crippen LogP contribution in [-0.2, 0) is 9.53 Å². The number of oxime groups is 1. The van der Waals surface area contributed by atoms with Gasteiger partial charge in [0.15, 0.2) is 5.84 Å². The maximum absolute atomic E-state index is 12.7. The zero-order valence-electron chi connectivity index (χ0n) is 12.8. The Morgan fingerprint density at radius 3 is 2.48 bits per heavy atom. The van der Waals surface area contributed by atoms with Crippen molar-refractivity contribution < 1.29 is 14.7 Å². The highest BCUT2D eigenvalue weighted by Crippen LogP contribution is 2.33. The molecule has 2 aliphatic rings. The van der Waals surface area contributed by atoms with E-state index in [2.05, 4.69) is 17.4 Å². The predicted octanol–water partition coefficient (Wildman–Crippen LogP) is 1.61. The van der Waals surface area contributed by atoms with Gasteiger partial charge in [-0.3, -0.25) is 4.79 Å². The molecule has 1 saturated carbocycles. The fourth-order valence-electron chi connectivity index (χ4n) is 3.45. The van der Waals surface area contributed by atoms with E-state index >= 15 is 0 Å². The summed E-state index contributed by atoms with van der Waals surface area (Å²) in [7, 11) is 0. The van der Waals surface area contributed by atoms with E-state index in [0.717, 1.165) is 18.8 Å². The zero-order chi connectivity index (χ0) is 15.3. The van der Waals surface area contributed by atoms with E-state index in [4.69, 9.17) is 15.7 Å². The average molecular weight is 297 g/mol. The van der Waals surface area contributed by atoms with Crippen LogP contribution < -0.4 is 11.1 Å². The van der Waals surface area contributed by atoms with Gasteiger partial charge in [0, 0.05) is 19.3 Å². The van der Waals surface area contributed by atoms with Crippen LogP contribution in [-0.4, -0.2) is 36.2 Å². The molecule has 120 valence electrons.